The maximum Gasteiger partial charge on any atom is 0.335 e. The molecule has 1 aliphatic rings. The third-order valence-corrected chi connectivity index (χ3v) is 3.82. The summed E-state index contributed by atoms with van der Waals surface area (Å²) in [4.78, 5) is 13.0. The Kier molecular flexibility index (Phi) is 4.60. The predicted molar refractivity (Wildman–Crippen MR) is 73.7 cm³/mol. The average Bonchev–Trinajstić information content (AvgIpc) is 2.40. The van der Waals surface area contributed by atoms with Gasteiger partial charge in [0.05, 0.1) is 5.56 Å². The molecule has 1 aromatic carbocycles. The van der Waals surface area contributed by atoms with Crippen LogP contribution >= 0.6 is 0 Å². The molecular formula is C15H20FNO3. The zero-order valence-electron chi connectivity index (χ0n) is 11.8. The zero-order chi connectivity index (χ0) is 14.7. The Morgan fingerprint density at radius 2 is 2.30 bits per heavy atom. The monoisotopic (exact) mass is 281 g/mol. The molecule has 0 bridgehead atoms. The number of benzene rings is 1. The number of halogens is 1. The highest BCUT2D eigenvalue weighted by molar-refractivity contribution is 5.87. The minimum atomic E-state index is -1.14. The molecule has 1 heterocycles. The van der Waals surface area contributed by atoms with Crippen LogP contribution in [0.4, 0.5) is 4.39 Å². The molecule has 1 fully saturated rings. The highest BCUT2D eigenvalue weighted by Crippen LogP contribution is 2.25. The van der Waals surface area contributed by atoms with Crippen molar-refractivity contribution in [3.63, 3.8) is 0 Å². The fourth-order valence-corrected chi connectivity index (χ4v) is 2.62. The van der Waals surface area contributed by atoms with Gasteiger partial charge in [-0.05, 0) is 51.6 Å². The topological polar surface area (TPSA) is 49.8 Å². The summed E-state index contributed by atoms with van der Waals surface area (Å²) in [6, 6.07) is 3.75. The van der Waals surface area contributed by atoms with Crippen LogP contribution in [0.5, 0.6) is 5.75 Å². The molecule has 1 aliphatic heterocycles. The summed E-state index contributed by atoms with van der Waals surface area (Å²) in [6.45, 7) is 3.97. The number of ether oxygens (including phenoxy) is 1. The van der Waals surface area contributed by atoms with Gasteiger partial charge in [0.25, 0.3) is 0 Å². The Morgan fingerprint density at radius 3 is 2.90 bits per heavy atom. The van der Waals surface area contributed by atoms with Crippen molar-refractivity contribution in [3.8, 4) is 5.75 Å². The summed E-state index contributed by atoms with van der Waals surface area (Å²) in [5.74, 6) is -1.28. The average molecular weight is 281 g/mol. The summed E-state index contributed by atoms with van der Waals surface area (Å²) in [5.41, 5.74) is -0.0695. The van der Waals surface area contributed by atoms with Gasteiger partial charge in [-0.1, -0.05) is 0 Å². The van der Waals surface area contributed by atoms with Gasteiger partial charge in [-0.2, -0.15) is 0 Å². The number of carboxylic acids is 1. The molecule has 2 unspecified atom stereocenters. The lowest BCUT2D eigenvalue weighted by atomic mass is 9.93. The van der Waals surface area contributed by atoms with Crippen molar-refractivity contribution < 1.29 is 19.0 Å². The Labute approximate surface area is 118 Å². The minimum Gasteiger partial charge on any atom is -0.487 e. The number of carboxylic acid groups (broad SMARTS) is 1. The van der Waals surface area contributed by atoms with E-state index in [-0.39, 0.29) is 17.4 Å². The third-order valence-electron chi connectivity index (χ3n) is 3.82. The first kappa shape index (κ1) is 14.8. The number of carbonyl (C=O) groups is 1. The van der Waals surface area contributed by atoms with Gasteiger partial charge in [-0.15, -0.1) is 0 Å². The van der Waals surface area contributed by atoms with E-state index < -0.39 is 11.8 Å². The molecule has 1 N–H and O–H groups in total. The van der Waals surface area contributed by atoms with E-state index in [1.807, 2.05) is 6.92 Å². The highest BCUT2D eigenvalue weighted by Gasteiger charge is 2.25. The van der Waals surface area contributed by atoms with Crippen molar-refractivity contribution in [3.05, 3.63) is 29.6 Å². The van der Waals surface area contributed by atoms with E-state index in [4.69, 9.17) is 9.84 Å². The lowest BCUT2D eigenvalue weighted by Crippen LogP contribution is -2.39. The van der Waals surface area contributed by atoms with Gasteiger partial charge in [0.2, 0.25) is 0 Å². The van der Waals surface area contributed by atoms with E-state index in [2.05, 4.69) is 11.9 Å². The van der Waals surface area contributed by atoms with Crippen molar-refractivity contribution in [2.45, 2.75) is 25.9 Å². The molecule has 20 heavy (non-hydrogen) atoms. The van der Waals surface area contributed by atoms with Crippen molar-refractivity contribution in [1.82, 2.24) is 4.90 Å². The molecule has 4 nitrogen and oxygen atoms in total. The summed E-state index contributed by atoms with van der Waals surface area (Å²) < 4.78 is 19.5. The first-order valence-electron chi connectivity index (χ1n) is 6.85. The first-order valence-corrected chi connectivity index (χ1v) is 6.85. The summed E-state index contributed by atoms with van der Waals surface area (Å²) in [5, 5.41) is 8.80. The van der Waals surface area contributed by atoms with Crippen molar-refractivity contribution in [2.24, 2.45) is 5.92 Å². The molecule has 0 radical (unpaired) electrons. The van der Waals surface area contributed by atoms with Gasteiger partial charge in [-0.25, -0.2) is 9.18 Å². The van der Waals surface area contributed by atoms with Gasteiger partial charge in [0.15, 0.2) is 11.6 Å². The number of hydrogen-bond donors (Lipinski definition) is 1. The molecule has 5 heteroatoms. The van der Waals surface area contributed by atoms with Crippen LogP contribution in [0, 0.1) is 11.7 Å². The zero-order valence-corrected chi connectivity index (χ0v) is 11.8. The Balaban J connectivity index is 2.03. The standard InChI is InChI=1S/C15H20FNO3/c1-10(12-4-3-7-17(2)9-12)20-14-6-5-11(15(18)19)8-13(14)16/h5-6,8,10,12H,3-4,7,9H2,1-2H3,(H,18,19). The van der Waals surface area contributed by atoms with Gasteiger partial charge in [0.1, 0.15) is 6.10 Å². The SMILES string of the molecule is CC(Oc1ccc(C(=O)O)cc1F)C1CCCN(C)C1. The van der Waals surface area contributed by atoms with Crippen LogP contribution in [0.25, 0.3) is 0 Å². The summed E-state index contributed by atoms with van der Waals surface area (Å²) >= 11 is 0. The summed E-state index contributed by atoms with van der Waals surface area (Å²) in [7, 11) is 2.07. The van der Waals surface area contributed by atoms with E-state index in [1.165, 1.54) is 12.1 Å². The molecule has 0 aliphatic carbocycles. The molecule has 0 aromatic heterocycles. The smallest absolute Gasteiger partial charge is 0.335 e. The maximum atomic E-state index is 13.8. The summed E-state index contributed by atoms with van der Waals surface area (Å²) in [6.07, 6.45) is 2.10. The van der Waals surface area contributed by atoms with Gasteiger partial charge in [0, 0.05) is 12.5 Å². The Hall–Kier alpha value is -1.62. The quantitative estimate of drug-likeness (QED) is 0.921. The molecule has 0 saturated carbocycles. The highest BCUT2D eigenvalue weighted by atomic mass is 19.1. The van der Waals surface area contributed by atoms with Crippen LogP contribution in [0.15, 0.2) is 18.2 Å². The van der Waals surface area contributed by atoms with Gasteiger partial charge >= 0.3 is 5.97 Å². The molecule has 0 spiro atoms. The number of likely N-dealkylation sites (tertiary alicyclic amines) is 1. The van der Waals surface area contributed by atoms with Crippen molar-refractivity contribution >= 4 is 5.97 Å². The second kappa shape index (κ2) is 6.22. The van der Waals surface area contributed by atoms with Gasteiger partial charge < -0.3 is 14.7 Å². The molecule has 2 rings (SSSR count). The number of hydrogen-bond acceptors (Lipinski definition) is 3. The van der Waals surface area contributed by atoms with Crippen LogP contribution in [-0.2, 0) is 0 Å². The number of aromatic carboxylic acids is 1. The molecule has 0 amide bonds. The fourth-order valence-electron chi connectivity index (χ4n) is 2.62. The Morgan fingerprint density at radius 1 is 1.55 bits per heavy atom. The van der Waals surface area contributed by atoms with Crippen LogP contribution < -0.4 is 4.74 Å². The van der Waals surface area contributed by atoms with Crippen LogP contribution in [-0.4, -0.2) is 42.2 Å². The van der Waals surface area contributed by atoms with Gasteiger partial charge in [-0.3, -0.25) is 0 Å². The van der Waals surface area contributed by atoms with Crippen molar-refractivity contribution in [2.75, 3.05) is 20.1 Å². The molecule has 2 atom stereocenters. The van der Waals surface area contributed by atoms with Crippen LogP contribution in [0.3, 0.4) is 0 Å². The Bertz CT molecular complexity index is 492. The molecule has 1 aromatic rings. The fraction of sp³-hybridized carbons (Fsp3) is 0.533. The number of nitrogens with zero attached hydrogens (tertiary/aromatic N) is 1. The van der Waals surface area contributed by atoms with Crippen LogP contribution in [0.2, 0.25) is 0 Å². The molecular weight excluding hydrogens is 261 g/mol. The first-order chi connectivity index (χ1) is 9.47. The van der Waals surface area contributed by atoms with E-state index in [0.717, 1.165) is 32.0 Å². The molecule has 110 valence electrons. The second-order valence-corrected chi connectivity index (χ2v) is 5.44. The molecule has 1 saturated heterocycles. The van der Waals surface area contributed by atoms with E-state index >= 15 is 0 Å². The number of piperidine rings is 1. The van der Waals surface area contributed by atoms with E-state index in [9.17, 15) is 9.18 Å². The van der Waals surface area contributed by atoms with E-state index in [1.54, 1.807) is 0 Å². The van der Waals surface area contributed by atoms with Crippen molar-refractivity contribution in [1.29, 1.82) is 0 Å². The lowest BCUT2D eigenvalue weighted by Gasteiger charge is -2.33. The number of rotatable bonds is 4. The normalized spacial score (nSPS) is 21.4. The predicted octanol–water partition coefficient (Wildman–Crippen LogP) is 2.63. The largest absolute Gasteiger partial charge is 0.487 e. The minimum absolute atomic E-state index is 0.0695. The second-order valence-electron chi connectivity index (χ2n) is 5.44. The van der Waals surface area contributed by atoms with Crippen LogP contribution in [0.1, 0.15) is 30.1 Å². The van der Waals surface area contributed by atoms with E-state index in [0.29, 0.717) is 5.92 Å². The lowest BCUT2D eigenvalue weighted by molar-refractivity contribution is 0.0695. The maximum absolute atomic E-state index is 13.8. The third kappa shape index (κ3) is 3.48.